The minimum absolute atomic E-state index is 0.511. The minimum atomic E-state index is 0.511. The van der Waals surface area contributed by atoms with E-state index in [1.807, 2.05) is 12.5 Å². The molecule has 178 valence electrons. The lowest BCUT2D eigenvalue weighted by Crippen LogP contribution is -2.53. The predicted octanol–water partition coefficient (Wildman–Crippen LogP) is 7.60. The molecule has 2 nitrogen and oxygen atoms in total. The highest BCUT2D eigenvalue weighted by Gasteiger charge is 2.60. The van der Waals surface area contributed by atoms with Gasteiger partial charge in [0.2, 0.25) is 0 Å². The Morgan fingerprint density at radius 3 is 2.59 bits per heavy atom. The SMILES string of the molecule is C[C@]12CC[C@H]3[C@@H](CCC4C[C@@H](SCCN5CCCC5)CC[C@@]43C)[C@@H]1CC[C@@H]2c1ccoc1. The molecule has 1 unspecified atom stereocenters. The van der Waals surface area contributed by atoms with E-state index in [0.29, 0.717) is 10.8 Å². The van der Waals surface area contributed by atoms with Crippen LogP contribution in [0.1, 0.15) is 96.0 Å². The topological polar surface area (TPSA) is 16.4 Å². The fraction of sp³-hybridized carbons (Fsp3) is 0.862. The van der Waals surface area contributed by atoms with Crippen molar-refractivity contribution in [3.8, 4) is 0 Å². The van der Waals surface area contributed by atoms with Gasteiger partial charge in [-0.2, -0.15) is 11.8 Å². The Morgan fingerprint density at radius 2 is 1.78 bits per heavy atom. The Balaban J connectivity index is 1.10. The lowest BCUT2D eigenvalue weighted by Gasteiger charge is -2.61. The van der Waals surface area contributed by atoms with Gasteiger partial charge in [-0.15, -0.1) is 0 Å². The standard InChI is InChI=1S/C29H45NOS/c1-28-12-9-23(32-18-16-30-14-3-4-15-30)19-22(28)5-6-24-26-8-7-25(21-11-17-31-20-21)29(26,2)13-10-27(24)28/h11,17,20,22-27H,3-10,12-16,18-19H2,1-2H3/t22?,23-,24-,25+,26-,27-,28-,29+/m0/s1. The van der Waals surface area contributed by atoms with E-state index < -0.39 is 0 Å². The number of hydrogen-bond donors (Lipinski definition) is 0. The molecule has 1 aromatic rings. The number of furan rings is 1. The van der Waals surface area contributed by atoms with Gasteiger partial charge in [0, 0.05) is 17.5 Å². The molecule has 5 fully saturated rings. The molecule has 1 aromatic heterocycles. The zero-order valence-electron chi connectivity index (χ0n) is 20.6. The molecule has 2 heterocycles. The molecule has 3 heteroatoms. The van der Waals surface area contributed by atoms with Crippen LogP contribution in [0.3, 0.4) is 0 Å². The molecule has 32 heavy (non-hydrogen) atoms. The van der Waals surface area contributed by atoms with Crippen LogP contribution in [-0.2, 0) is 0 Å². The molecular weight excluding hydrogens is 410 g/mol. The number of thioether (sulfide) groups is 1. The second kappa shape index (κ2) is 8.67. The summed E-state index contributed by atoms with van der Waals surface area (Å²) in [5.41, 5.74) is 2.63. The third-order valence-corrected chi connectivity index (χ3v) is 12.8. The van der Waals surface area contributed by atoms with Gasteiger partial charge in [0.1, 0.15) is 0 Å². The first-order valence-corrected chi connectivity index (χ1v) is 15.0. The monoisotopic (exact) mass is 455 g/mol. The van der Waals surface area contributed by atoms with Crippen LogP contribution in [0.4, 0.5) is 0 Å². The highest BCUT2D eigenvalue weighted by Crippen LogP contribution is 2.69. The first-order chi connectivity index (χ1) is 15.6. The number of rotatable bonds is 5. The Hall–Kier alpha value is -0.410. The minimum Gasteiger partial charge on any atom is -0.472 e. The highest BCUT2D eigenvalue weighted by molar-refractivity contribution is 7.99. The first-order valence-electron chi connectivity index (χ1n) is 13.9. The quantitative estimate of drug-likeness (QED) is 0.455. The van der Waals surface area contributed by atoms with E-state index in [2.05, 4.69) is 36.6 Å². The molecule has 8 atom stereocenters. The molecule has 0 N–H and O–H groups in total. The van der Waals surface area contributed by atoms with Crippen molar-refractivity contribution in [1.82, 2.24) is 4.90 Å². The Bertz CT molecular complexity index is 772. The van der Waals surface area contributed by atoms with E-state index in [9.17, 15) is 0 Å². The van der Waals surface area contributed by atoms with Crippen molar-refractivity contribution in [3.63, 3.8) is 0 Å². The highest BCUT2D eigenvalue weighted by atomic mass is 32.2. The van der Waals surface area contributed by atoms with Crippen molar-refractivity contribution in [2.75, 3.05) is 25.4 Å². The fourth-order valence-corrected chi connectivity index (χ4v) is 11.1. The largest absolute Gasteiger partial charge is 0.472 e. The van der Waals surface area contributed by atoms with Gasteiger partial charge in [0.15, 0.2) is 0 Å². The van der Waals surface area contributed by atoms with Crippen molar-refractivity contribution < 1.29 is 4.42 Å². The molecule has 5 aliphatic rings. The second-order valence-corrected chi connectivity index (χ2v) is 14.1. The number of fused-ring (bicyclic) bond motifs is 5. The van der Waals surface area contributed by atoms with Gasteiger partial charge >= 0.3 is 0 Å². The summed E-state index contributed by atoms with van der Waals surface area (Å²) in [5, 5.41) is 0.943. The van der Waals surface area contributed by atoms with Crippen LogP contribution in [-0.4, -0.2) is 35.5 Å². The number of nitrogens with zero attached hydrogens (tertiary/aromatic N) is 1. The molecule has 4 aliphatic carbocycles. The van der Waals surface area contributed by atoms with Gasteiger partial charge in [-0.3, -0.25) is 0 Å². The van der Waals surface area contributed by atoms with Crippen molar-refractivity contribution in [1.29, 1.82) is 0 Å². The summed E-state index contributed by atoms with van der Waals surface area (Å²) in [5.74, 6) is 6.05. The predicted molar refractivity (Wildman–Crippen MR) is 135 cm³/mol. The van der Waals surface area contributed by atoms with Gasteiger partial charge in [-0.1, -0.05) is 13.8 Å². The van der Waals surface area contributed by atoms with E-state index in [1.165, 1.54) is 102 Å². The van der Waals surface area contributed by atoms with Crippen LogP contribution in [0.5, 0.6) is 0 Å². The molecule has 0 amide bonds. The van der Waals surface area contributed by atoms with E-state index >= 15 is 0 Å². The zero-order chi connectivity index (χ0) is 21.8. The summed E-state index contributed by atoms with van der Waals surface area (Å²) >= 11 is 2.33. The van der Waals surface area contributed by atoms with Crippen LogP contribution in [0.2, 0.25) is 0 Å². The van der Waals surface area contributed by atoms with Gasteiger partial charge in [-0.25, -0.2) is 0 Å². The van der Waals surface area contributed by atoms with E-state index in [1.54, 1.807) is 0 Å². The average molecular weight is 456 g/mol. The third-order valence-electron chi connectivity index (χ3n) is 11.5. The molecule has 0 radical (unpaired) electrons. The van der Waals surface area contributed by atoms with Crippen LogP contribution in [0.25, 0.3) is 0 Å². The lowest BCUT2D eigenvalue weighted by atomic mass is 9.44. The summed E-state index contributed by atoms with van der Waals surface area (Å²) in [6.45, 7) is 9.45. The van der Waals surface area contributed by atoms with Crippen LogP contribution in [0.15, 0.2) is 23.0 Å². The maximum Gasteiger partial charge on any atom is 0.0937 e. The summed E-state index contributed by atoms with van der Waals surface area (Å²) in [4.78, 5) is 2.70. The van der Waals surface area contributed by atoms with Crippen LogP contribution in [0, 0.1) is 34.5 Å². The first kappa shape index (κ1) is 22.1. The van der Waals surface area contributed by atoms with Crippen molar-refractivity contribution >= 4 is 11.8 Å². The summed E-state index contributed by atoms with van der Waals surface area (Å²) in [6, 6.07) is 2.26. The van der Waals surface area contributed by atoms with Crippen molar-refractivity contribution in [2.24, 2.45) is 34.5 Å². The van der Waals surface area contributed by atoms with Gasteiger partial charge in [-0.05, 0) is 136 Å². The Labute approximate surface area is 200 Å². The Kier molecular flexibility index (Phi) is 5.98. The van der Waals surface area contributed by atoms with E-state index in [0.717, 1.165) is 34.8 Å². The maximum atomic E-state index is 5.51. The smallest absolute Gasteiger partial charge is 0.0937 e. The van der Waals surface area contributed by atoms with Crippen LogP contribution >= 0.6 is 11.8 Å². The third kappa shape index (κ3) is 3.63. The molecule has 0 spiro atoms. The van der Waals surface area contributed by atoms with Gasteiger partial charge < -0.3 is 9.32 Å². The van der Waals surface area contributed by atoms with Crippen LogP contribution < -0.4 is 0 Å². The maximum absolute atomic E-state index is 5.51. The van der Waals surface area contributed by atoms with Gasteiger partial charge in [0.25, 0.3) is 0 Å². The summed E-state index contributed by atoms with van der Waals surface area (Å²) in [6.07, 6.45) is 20.1. The normalized spacial score (nSPS) is 46.6. The van der Waals surface area contributed by atoms with Crippen molar-refractivity contribution in [2.45, 2.75) is 95.6 Å². The number of hydrogen-bond acceptors (Lipinski definition) is 3. The molecule has 1 aliphatic heterocycles. The van der Waals surface area contributed by atoms with E-state index in [-0.39, 0.29) is 0 Å². The molecule has 0 bridgehead atoms. The Morgan fingerprint density at radius 1 is 0.969 bits per heavy atom. The number of likely N-dealkylation sites (tertiary alicyclic amines) is 1. The summed E-state index contributed by atoms with van der Waals surface area (Å²) < 4.78 is 5.51. The lowest BCUT2D eigenvalue weighted by molar-refractivity contribution is -0.105. The van der Waals surface area contributed by atoms with E-state index in [4.69, 9.17) is 4.42 Å². The molecule has 0 aromatic carbocycles. The van der Waals surface area contributed by atoms with Gasteiger partial charge in [0.05, 0.1) is 12.5 Å². The average Bonchev–Trinajstić information content (AvgIpc) is 3.54. The zero-order valence-corrected chi connectivity index (χ0v) is 21.4. The molecule has 6 rings (SSSR count). The van der Waals surface area contributed by atoms with Crippen molar-refractivity contribution in [3.05, 3.63) is 24.2 Å². The summed E-state index contributed by atoms with van der Waals surface area (Å²) in [7, 11) is 0. The molecule has 4 saturated carbocycles. The second-order valence-electron chi connectivity index (χ2n) is 12.7. The molecule has 1 saturated heterocycles. The molecular formula is C29H45NOS. The fourth-order valence-electron chi connectivity index (χ4n) is 9.75.